The Morgan fingerprint density at radius 1 is 1.20 bits per heavy atom. The average Bonchev–Trinajstić information content (AvgIpc) is 2.88. The van der Waals surface area contributed by atoms with Crippen LogP contribution in [0.25, 0.3) is 0 Å². The first kappa shape index (κ1) is 14.5. The highest BCUT2D eigenvalue weighted by Gasteiger charge is 2.31. The highest BCUT2D eigenvalue weighted by molar-refractivity contribution is 5.30. The van der Waals surface area contributed by atoms with Crippen LogP contribution in [-0.4, -0.2) is 13.4 Å². The summed E-state index contributed by atoms with van der Waals surface area (Å²) in [6.45, 7) is 0. The van der Waals surface area contributed by atoms with E-state index in [2.05, 4.69) is 10.1 Å². The summed E-state index contributed by atoms with van der Waals surface area (Å²) >= 11 is 0. The number of hydrogen-bond acceptors (Lipinski definition) is 3. The van der Waals surface area contributed by atoms with Crippen molar-refractivity contribution in [2.24, 2.45) is 0 Å². The van der Waals surface area contributed by atoms with Crippen LogP contribution in [0.5, 0.6) is 5.75 Å². The number of hydrogen-bond donors (Lipinski definition) is 1. The van der Waals surface area contributed by atoms with Crippen LogP contribution in [-0.2, 0) is 6.42 Å². The maximum Gasteiger partial charge on any atom is 0.573 e. The van der Waals surface area contributed by atoms with E-state index in [9.17, 15) is 13.2 Å². The molecule has 3 nitrogen and oxygen atoms in total. The third-order valence-electron chi connectivity index (χ3n) is 2.88. The van der Waals surface area contributed by atoms with Crippen LogP contribution in [0.3, 0.4) is 0 Å². The third-order valence-corrected chi connectivity index (χ3v) is 2.88. The van der Waals surface area contributed by atoms with Gasteiger partial charge in [-0.1, -0.05) is 12.1 Å². The normalized spacial score (nSPS) is 13.2. The van der Waals surface area contributed by atoms with Gasteiger partial charge in [-0.2, -0.15) is 0 Å². The van der Waals surface area contributed by atoms with E-state index in [-0.39, 0.29) is 11.8 Å². The van der Waals surface area contributed by atoms with E-state index in [1.54, 1.807) is 31.7 Å². The molecule has 0 amide bonds. The first-order valence-electron chi connectivity index (χ1n) is 6.02. The van der Waals surface area contributed by atoms with Crippen molar-refractivity contribution in [2.45, 2.75) is 18.8 Å². The van der Waals surface area contributed by atoms with Gasteiger partial charge in [-0.15, -0.1) is 13.2 Å². The summed E-state index contributed by atoms with van der Waals surface area (Å²) in [6.07, 6.45) is -0.749. The molecule has 0 radical (unpaired) electrons. The Kier molecular flexibility index (Phi) is 4.34. The van der Waals surface area contributed by atoms with Crippen molar-refractivity contribution in [1.29, 1.82) is 0 Å². The fourth-order valence-electron chi connectivity index (χ4n) is 1.93. The molecule has 0 saturated heterocycles. The monoisotopic (exact) mass is 285 g/mol. The molecule has 1 aromatic heterocycles. The highest BCUT2D eigenvalue weighted by Crippen LogP contribution is 2.25. The Bertz CT molecular complexity index is 520. The lowest BCUT2D eigenvalue weighted by Crippen LogP contribution is -2.19. The molecule has 1 atom stereocenters. The number of likely N-dealkylation sites (N-methyl/N-ethyl adjacent to an activating group) is 1. The van der Waals surface area contributed by atoms with E-state index in [4.69, 9.17) is 4.42 Å². The van der Waals surface area contributed by atoms with Gasteiger partial charge < -0.3 is 14.5 Å². The van der Waals surface area contributed by atoms with Gasteiger partial charge in [-0.25, -0.2) is 0 Å². The van der Waals surface area contributed by atoms with Crippen LogP contribution >= 0.6 is 0 Å². The summed E-state index contributed by atoms with van der Waals surface area (Å²) in [4.78, 5) is 0. The van der Waals surface area contributed by atoms with Crippen LogP contribution in [0, 0.1) is 0 Å². The molecule has 2 aromatic rings. The van der Waals surface area contributed by atoms with Gasteiger partial charge in [0.1, 0.15) is 5.75 Å². The maximum absolute atomic E-state index is 12.1. The van der Waals surface area contributed by atoms with Crippen LogP contribution in [0.4, 0.5) is 13.2 Å². The van der Waals surface area contributed by atoms with Gasteiger partial charge in [-0.05, 0) is 42.8 Å². The molecule has 108 valence electrons. The summed E-state index contributed by atoms with van der Waals surface area (Å²) in [6, 6.07) is 7.69. The predicted molar refractivity (Wildman–Crippen MR) is 67.3 cm³/mol. The number of nitrogens with one attached hydrogen (secondary N) is 1. The largest absolute Gasteiger partial charge is 0.573 e. The minimum atomic E-state index is -4.67. The summed E-state index contributed by atoms with van der Waals surface area (Å²) in [5.41, 5.74) is 1.89. The Hall–Kier alpha value is -1.95. The van der Waals surface area contributed by atoms with E-state index in [1.807, 2.05) is 6.07 Å². The second kappa shape index (κ2) is 6.00. The van der Waals surface area contributed by atoms with Gasteiger partial charge in [0.25, 0.3) is 0 Å². The summed E-state index contributed by atoms with van der Waals surface area (Å²) in [5, 5.41) is 3.12. The van der Waals surface area contributed by atoms with Gasteiger partial charge in [-0.3, -0.25) is 0 Å². The van der Waals surface area contributed by atoms with Crippen molar-refractivity contribution in [3.05, 3.63) is 54.0 Å². The summed E-state index contributed by atoms with van der Waals surface area (Å²) in [7, 11) is 1.80. The molecule has 1 unspecified atom stereocenters. The zero-order chi connectivity index (χ0) is 14.6. The van der Waals surface area contributed by atoms with Crippen molar-refractivity contribution in [3.63, 3.8) is 0 Å². The molecule has 0 saturated carbocycles. The quantitative estimate of drug-likeness (QED) is 0.910. The molecule has 1 aromatic carbocycles. The van der Waals surface area contributed by atoms with Crippen molar-refractivity contribution in [3.8, 4) is 5.75 Å². The molecular formula is C14H14F3NO2. The number of alkyl halides is 3. The SMILES string of the molecule is CNC(Cc1ccoc1)c1ccc(OC(F)(F)F)cc1. The maximum atomic E-state index is 12.1. The number of rotatable bonds is 5. The molecular weight excluding hydrogens is 271 g/mol. The fraction of sp³-hybridized carbons (Fsp3) is 0.286. The number of ether oxygens (including phenoxy) is 1. The number of furan rings is 1. The minimum absolute atomic E-state index is 0.00691. The van der Waals surface area contributed by atoms with Crippen LogP contribution < -0.4 is 10.1 Å². The number of benzene rings is 1. The first-order valence-corrected chi connectivity index (χ1v) is 6.02. The Morgan fingerprint density at radius 2 is 1.90 bits per heavy atom. The van der Waals surface area contributed by atoms with E-state index < -0.39 is 6.36 Å². The van der Waals surface area contributed by atoms with Crippen molar-refractivity contribution >= 4 is 0 Å². The van der Waals surface area contributed by atoms with Crippen LogP contribution in [0.15, 0.2) is 47.3 Å². The molecule has 0 aliphatic carbocycles. The first-order chi connectivity index (χ1) is 9.48. The van der Waals surface area contributed by atoms with Gasteiger partial charge in [0, 0.05) is 6.04 Å². The number of halogens is 3. The van der Waals surface area contributed by atoms with Gasteiger partial charge in [0.05, 0.1) is 12.5 Å². The van der Waals surface area contributed by atoms with Crippen molar-refractivity contribution < 1.29 is 22.3 Å². The second-order valence-corrected chi connectivity index (χ2v) is 4.29. The standard InChI is InChI=1S/C14H14F3NO2/c1-18-13(8-10-6-7-19-9-10)11-2-4-12(5-3-11)20-14(15,16)17/h2-7,9,13,18H,8H2,1H3. The zero-order valence-corrected chi connectivity index (χ0v) is 10.8. The van der Waals surface area contributed by atoms with Gasteiger partial charge >= 0.3 is 6.36 Å². The molecule has 0 aliphatic rings. The molecule has 0 bridgehead atoms. The van der Waals surface area contributed by atoms with Gasteiger partial charge in [0.2, 0.25) is 0 Å². The van der Waals surface area contributed by atoms with Crippen molar-refractivity contribution in [1.82, 2.24) is 5.32 Å². The molecule has 0 fully saturated rings. The van der Waals surface area contributed by atoms with E-state index in [1.165, 1.54) is 12.1 Å². The lowest BCUT2D eigenvalue weighted by Gasteiger charge is -2.16. The molecule has 1 N–H and O–H groups in total. The van der Waals surface area contributed by atoms with Crippen molar-refractivity contribution in [2.75, 3.05) is 7.05 Å². The molecule has 0 spiro atoms. The Labute approximate surface area is 114 Å². The predicted octanol–water partition coefficient (Wildman–Crippen LogP) is 3.68. The lowest BCUT2D eigenvalue weighted by atomic mass is 10.0. The zero-order valence-electron chi connectivity index (χ0n) is 10.8. The molecule has 6 heteroatoms. The summed E-state index contributed by atoms with van der Waals surface area (Å²) < 4.78 is 45.1. The Balaban J connectivity index is 2.07. The van der Waals surface area contributed by atoms with Crippen LogP contribution in [0.2, 0.25) is 0 Å². The van der Waals surface area contributed by atoms with E-state index in [0.717, 1.165) is 11.1 Å². The molecule has 2 rings (SSSR count). The van der Waals surface area contributed by atoms with Crippen LogP contribution in [0.1, 0.15) is 17.2 Å². The Morgan fingerprint density at radius 3 is 2.40 bits per heavy atom. The smallest absolute Gasteiger partial charge is 0.472 e. The minimum Gasteiger partial charge on any atom is -0.472 e. The average molecular weight is 285 g/mol. The summed E-state index contributed by atoms with van der Waals surface area (Å²) in [5.74, 6) is -0.223. The highest BCUT2D eigenvalue weighted by atomic mass is 19.4. The molecule has 0 aliphatic heterocycles. The van der Waals surface area contributed by atoms with E-state index in [0.29, 0.717) is 6.42 Å². The third kappa shape index (κ3) is 4.03. The lowest BCUT2D eigenvalue weighted by molar-refractivity contribution is -0.274. The van der Waals surface area contributed by atoms with E-state index >= 15 is 0 Å². The molecule has 20 heavy (non-hydrogen) atoms. The second-order valence-electron chi connectivity index (χ2n) is 4.29. The molecule has 1 heterocycles. The van der Waals surface area contributed by atoms with Gasteiger partial charge in [0.15, 0.2) is 0 Å². The fourth-order valence-corrected chi connectivity index (χ4v) is 1.93. The topological polar surface area (TPSA) is 34.4 Å².